The molecular weight excluding hydrogens is 303 g/mol. The van der Waals surface area contributed by atoms with Crippen molar-refractivity contribution in [3.05, 3.63) is 70.8 Å². The number of anilines is 1. The van der Waals surface area contributed by atoms with Crippen LogP contribution in [0.25, 0.3) is 6.08 Å². The average Bonchev–Trinajstić information content (AvgIpc) is 2.49. The number of carbonyl (C=O) groups excluding carboxylic acids is 1. The van der Waals surface area contributed by atoms with Crippen molar-refractivity contribution < 1.29 is 18.0 Å². The number of carbonyl (C=O) groups is 1. The fourth-order valence-electron chi connectivity index (χ4n) is 2.02. The van der Waals surface area contributed by atoms with Gasteiger partial charge in [-0.3, -0.25) is 4.79 Å². The smallest absolute Gasteiger partial charge is 0.322 e. The fourth-order valence-corrected chi connectivity index (χ4v) is 2.02. The number of halogens is 3. The summed E-state index contributed by atoms with van der Waals surface area (Å²) in [6.07, 6.45) is -1.59. The SMILES string of the molecule is Cc1cccc(NC(=O)/C=C/c2ccc(C(F)(F)F)cc2)c1C. The number of hydrogen-bond acceptors (Lipinski definition) is 1. The summed E-state index contributed by atoms with van der Waals surface area (Å²) in [6, 6.07) is 10.2. The summed E-state index contributed by atoms with van der Waals surface area (Å²) >= 11 is 0. The molecule has 0 aliphatic carbocycles. The number of rotatable bonds is 3. The lowest BCUT2D eigenvalue weighted by Gasteiger charge is -2.08. The van der Waals surface area contributed by atoms with Crippen molar-refractivity contribution >= 4 is 17.7 Å². The van der Waals surface area contributed by atoms with E-state index in [0.717, 1.165) is 23.3 Å². The third-order valence-corrected chi connectivity index (χ3v) is 3.53. The van der Waals surface area contributed by atoms with Crippen LogP contribution in [0.5, 0.6) is 0 Å². The molecule has 120 valence electrons. The molecule has 0 aliphatic rings. The maximum Gasteiger partial charge on any atom is 0.416 e. The molecule has 1 N–H and O–H groups in total. The summed E-state index contributed by atoms with van der Waals surface area (Å²) in [5.74, 6) is -0.335. The van der Waals surface area contributed by atoms with Gasteiger partial charge in [-0.15, -0.1) is 0 Å². The van der Waals surface area contributed by atoms with Gasteiger partial charge in [0.1, 0.15) is 0 Å². The van der Waals surface area contributed by atoms with Gasteiger partial charge in [0.15, 0.2) is 0 Å². The van der Waals surface area contributed by atoms with E-state index in [0.29, 0.717) is 11.3 Å². The second kappa shape index (κ2) is 6.69. The van der Waals surface area contributed by atoms with Crippen molar-refractivity contribution in [3.63, 3.8) is 0 Å². The number of amides is 1. The molecule has 0 heterocycles. The zero-order valence-corrected chi connectivity index (χ0v) is 12.7. The van der Waals surface area contributed by atoms with Gasteiger partial charge in [0.05, 0.1) is 5.56 Å². The Balaban J connectivity index is 2.05. The summed E-state index contributed by atoms with van der Waals surface area (Å²) in [5.41, 5.74) is 2.56. The lowest BCUT2D eigenvalue weighted by molar-refractivity contribution is -0.137. The molecule has 0 saturated heterocycles. The highest BCUT2D eigenvalue weighted by Gasteiger charge is 2.29. The van der Waals surface area contributed by atoms with Crippen molar-refractivity contribution in [3.8, 4) is 0 Å². The second-order valence-electron chi connectivity index (χ2n) is 5.19. The lowest BCUT2D eigenvalue weighted by Crippen LogP contribution is -2.09. The molecule has 0 aromatic heterocycles. The van der Waals surface area contributed by atoms with E-state index in [4.69, 9.17) is 0 Å². The van der Waals surface area contributed by atoms with Crippen molar-refractivity contribution in [1.82, 2.24) is 0 Å². The van der Waals surface area contributed by atoms with E-state index in [-0.39, 0.29) is 5.91 Å². The first-order valence-corrected chi connectivity index (χ1v) is 7.00. The van der Waals surface area contributed by atoms with Crippen LogP contribution < -0.4 is 5.32 Å². The molecule has 2 rings (SSSR count). The Morgan fingerprint density at radius 2 is 1.70 bits per heavy atom. The van der Waals surface area contributed by atoms with E-state index in [9.17, 15) is 18.0 Å². The van der Waals surface area contributed by atoms with Crippen molar-refractivity contribution in [2.24, 2.45) is 0 Å². The van der Waals surface area contributed by atoms with Crippen LogP contribution in [0.3, 0.4) is 0 Å². The maximum absolute atomic E-state index is 12.5. The first kappa shape index (κ1) is 16.8. The van der Waals surface area contributed by atoms with E-state index < -0.39 is 11.7 Å². The zero-order valence-electron chi connectivity index (χ0n) is 12.7. The van der Waals surface area contributed by atoms with Crippen LogP contribution in [-0.2, 0) is 11.0 Å². The predicted octanol–water partition coefficient (Wildman–Crippen LogP) is 4.97. The maximum atomic E-state index is 12.5. The molecule has 0 unspecified atom stereocenters. The highest BCUT2D eigenvalue weighted by Crippen LogP contribution is 2.29. The molecule has 0 atom stereocenters. The summed E-state index contributed by atoms with van der Waals surface area (Å²) in [7, 11) is 0. The minimum atomic E-state index is -4.36. The molecule has 0 radical (unpaired) electrons. The minimum Gasteiger partial charge on any atom is -0.322 e. The number of aryl methyl sites for hydroxylation is 1. The Labute approximate surface area is 132 Å². The van der Waals surface area contributed by atoms with E-state index in [1.807, 2.05) is 26.0 Å². The van der Waals surface area contributed by atoms with Gasteiger partial charge < -0.3 is 5.32 Å². The van der Waals surface area contributed by atoms with Gasteiger partial charge in [0.2, 0.25) is 5.91 Å². The first-order chi connectivity index (χ1) is 10.8. The van der Waals surface area contributed by atoms with Gasteiger partial charge in [-0.1, -0.05) is 24.3 Å². The van der Waals surface area contributed by atoms with Crippen molar-refractivity contribution in [1.29, 1.82) is 0 Å². The number of nitrogens with one attached hydrogen (secondary N) is 1. The zero-order chi connectivity index (χ0) is 17.0. The van der Waals surface area contributed by atoms with Gasteiger partial charge in [-0.05, 0) is 54.8 Å². The summed E-state index contributed by atoms with van der Waals surface area (Å²) in [4.78, 5) is 11.9. The number of alkyl halides is 3. The summed E-state index contributed by atoms with van der Waals surface area (Å²) in [5, 5.41) is 2.75. The van der Waals surface area contributed by atoms with Crippen LogP contribution in [-0.4, -0.2) is 5.91 Å². The minimum absolute atomic E-state index is 0.335. The third kappa shape index (κ3) is 4.45. The largest absolute Gasteiger partial charge is 0.416 e. The number of hydrogen-bond donors (Lipinski definition) is 1. The average molecular weight is 319 g/mol. The van der Waals surface area contributed by atoms with Crippen LogP contribution in [0.2, 0.25) is 0 Å². The van der Waals surface area contributed by atoms with E-state index >= 15 is 0 Å². The van der Waals surface area contributed by atoms with E-state index in [1.54, 1.807) is 6.07 Å². The molecule has 1 amide bonds. The summed E-state index contributed by atoms with van der Waals surface area (Å²) < 4.78 is 37.4. The molecular formula is C18H16F3NO. The lowest BCUT2D eigenvalue weighted by atomic mass is 10.1. The molecule has 2 aromatic rings. The molecule has 5 heteroatoms. The molecule has 2 aromatic carbocycles. The second-order valence-corrected chi connectivity index (χ2v) is 5.19. The van der Waals surface area contributed by atoms with E-state index in [1.165, 1.54) is 24.3 Å². The van der Waals surface area contributed by atoms with Crippen LogP contribution >= 0.6 is 0 Å². The third-order valence-electron chi connectivity index (χ3n) is 3.53. The van der Waals surface area contributed by atoms with Gasteiger partial charge >= 0.3 is 6.18 Å². The first-order valence-electron chi connectivity index (χ1n) is 7.00. The highest BCUT2D eigenvalue weighted by atomic mass is 19.4. The molecule has 0 saturated carbocycles. The number of benzene rings is 2. The molecule has 2 nitrogen and oxygen atoms in total. The quantitative estimate of drug-likeness (QED) is 0.795. The van der Waals surface area contributed by atoms with Crippen LogP contribution in [0.15, 0.2) is 48.5 Å². The molecule has 23 heavy (non-hydrogen) atoms. The van der Waals surface area contributed by atoms with Crippen LogP contribution in [0, 0.1) is 13.8 Å². The monoisotopic (exact) mass is 319 g/mol. The van der Waals surface area contributed by atoms with Crippen molar-refractivity contribution in [2.75, 3.05) is 5.32 Å². The Kier molecular flexibility index (Phi) is 4.89. The van der Waals surface area contributed by atoms with E-state index in [2.05, 4.69) is 5.32 Å². The normalized spacial score (nSPS) is 11.7. The van der Waals surface area contributed by atoms with Crippen molar-refractivity contribution in [2.45, 2.75) is 20.0 Å². The standard InChI is InChI=1S/C18H16F3NO/c1-12-4-3-5-16(13(12)2)22-17(23)11-8-14-6-9-15(10-7-14)18(19,20)21/h3-11H,1-2H3,(H,22,23)/b11-8+. The summed E-state index contributed by atoms with van der Waals surface area (Å²) in [6.45, 7) is 3.85. The van der Waals surface area contributed by atoms with Gasteiger partial charge in [0, 0.05) is 11.8 Å². The molecule has 0 aliphatic heterocycles. The Bertz CT molecular complexity index is 731. The molecule has 0 fully saturated rings. The van der Waals surface area contributed by atoms with Gasteiger partial charge in [-0.2, -0.15) is 13.2 Å². The topological polar surface area (TPSA) is 29.1 Å². The predicted molar refractivity (Wildman–Crippen MR) is 85.0 cm³/mol. The fraction of sp³-hybridized carbons (Fsp3) is 0.167. The Morgan fingerprint density at radius 1 is 1.04 bits per heavy atom. The highest BCUT2D eigenvalue weighted by molar-refractivity contribution is 6.02. The Hall–Kier alpha value is -2.56. The van der Waals surface area contributed by atoms with Gasteiger partial charge in [-0.25, -0.2) is 0 Å². The Morgan fingerprint density at radius 3 is 2.30 bits per heavy atom. The molecule has 0 spiro atoms. The van der Waals surface area contributed by atoms with Crippen LogP contribution in [0.4, 0.5) is 18.9 Å². The van der Waals surface area contributed by atoms with Crippen LogP contribution in [0.1, 0.15) is 22.3 Å². The van der Waals surface area contributed by atoms with Gasteiger partial charge in [0.25, 0.3) is 0 Å². The molecule has 0 bridgehead atoms.